The SMILES string of the molecule is C[C@H](NC(=O)c1c(Cl)c(C(F)(F)F)nn1C)[C@H]1C[C@@H]2CC[C@@H]1C2. The first-order chi connectivity index (χ1) is 10.7. The molecule has 0 saturated heterocycles. The second-order valence-electron chi connectivity index (χ2n) is 6.73. The van der Waals surface area contributed by atoms with Crippen molar-refractivity contribution in [2.45, 2.75) is 44.8 Å². The van der Waals surface area contributed by atoms with Gasteiger partial charge >= 0.3 is 6.18 Å². The zero-order valence-electron chi connectivity index (χ0n) is 13.0. The quantitative estimate of drug-likeness (QED) is 0.905. The number of aromatic nitrogens is 2. The number of hydrogen-bond donors (Lipinski definition) is 1. The van der Waals surface area contributed by atoms with E-state index in [4.69, 9.17) is 11.6 Å². The van der Waals surface area contributed by atoms with Crippen LogP contribution in [0.25, 0.3) is 0 Å². The van der Waals surface area contributed by atoms with Gasteiger partial charge in [0.1, 0.15) is 10.7 Å². The molecule has 4 atom stereocenters. The van der Waals surface area contributed by atoms with Crippen LogP contribution in [0.5, 0.6) is 0 Å². The molecule has 1 amide bonds. The van der Waals surface area contributed by atoms with E-state index in [1.54, 1.807) is 0 Å². The predicted octanol–water partition coefficient (Wildman–Crippen LogP) is 3.65. The molecule has 0 radical (unpaired) electrons. The molecular weight excluding hydrogens is 331 g/mol. The molecule has 4 nitrogen and oxygen atoms in total. The van der Waals surface area contributed by atoms with E-state index in [1.165, 1.54) is 26.3 Å². The van der Waals surface area contributed by atoms with Crippen LogP contribution in [0.15, 0.2) is 0 Å². The molecule has 0 unspecified atom stereocenters. The van der Waals surface area contributed by atoms with E-state index < -0.39 is 22.8 Å². The zero-order valence-corrected chi connectivity index (χ0v) is 13.7. The topological polar surface area (TPSA) is 46.9 Å². The van der Waals surface area contributed by atoms with Crippen molar-refractivity contribution in [3.05, 3.63) is 16.4 Å². The van der Waals surface area contributed by atoms with E-state index in [0.29, 0.717) is 11.8 Å². The van der Waals surface area contributed by atoms with Gasteiger partial charge in [0.2, 0.25) is 0 Å². The lowest BCUT2D eigenvalue weighted by Crippen LogP contribution is -2.40. The number of amides is 1. The fraction of sp³-hybridized carbons (Fsp3) is 0.733. The van der Waals surface area contributed by atoms with Gasteiger partial charge in [-0.25, -0.2) is 0 Å². The average Bonchev–Trinajstić information content (AvgIpc) is 3.12. The van der Waals surface area contributed by atoms with Gasteiger partial charge in [0.25, 0.3) is 5.91 Å². The molecule has 128 valence electrons. The number of carbonyl (C=O) groups excluding carboxylic acids is 1. The van der Waals surface area contributed by atoms with Crippen LogP contribution in [0, 0.1) is 17.8 Å². The Labute approximate surface area is 137 Å². The van der Waals surface area contributed by atoms with Crippen molar-refractivity contribution in [1.82, 2.24) is 15.1 Å². The molecular formula is C15H19ClF3N3O. The Morgan fingerprint density at radius 2 is 2.09 bits per heavy atom. The standard InChI is InChI=1S/C15H19ClF3N3O/c1-7(10-6-8-3-4-9(10)5-8)20-14(23)12-11(16)13(15(17,18)19)21-22(12)2/h7-10H,3-6H2,1-2H3,(H,20,23)/t7-,8+,9+,10+/m0/s1. The lowest BCUT2D eigenvalue weighted by Gasteiger charge is -2.28. The zero-order chi connectivity index (χ0) is 16.9. The number of nitrogens with one attached hydrogen (secondary N) is 1. The average molecular weight is 350 g/mol. The summed E-state index contributed by atoms with van der Waals surface area (Å²) in [6.07, 6.45) is 0.0444. The minimum absolute atomic E-state index is 0.0851. The second kappa shape index (κ2) is 5.69. The second-order valence-corrected chi connectivity index (χ2v) is 7.11. The number of alkyl halides is 3. The van der Waals surface area contributed by atoms with E-state index >= 15 is 0 Å². The van der Waals surface area contributed by atoms with Gasteiger partial charge in [-0.2, -0.15) is 18.3 Å². The molecule has 0 aromatic carbocycles. The maximum Gasteiger partial charge on any atom is 0.436 e. The van der Waals surface area contributed by atoms with Crippen LogP contribution in [0.1, 0.15) is 48.8 Å². The van der Waals surface area contributed by atoms with Gasteiger partial charge in [0, 0.05) is 13.1 Å². The first-order valence-corrected chi connectivity index (χ1v) is 8.16. The molecule has 1 aromatic rings. The molecule has 23 heavy (non-hydrogen) atoms. The van der Waals surface area contributed by atoms with E-state index in [-0.39, 0.29) is 11.7 Å². The van der Waals surface area contributed by atoms with Crippen molar-refractivity contribution < 1.29 is 18.0 Å². The van der Waals surface area contributed by atoms with Gasteiger partial charge in [-0.05, 0) is 43.9 Å². The number of rotatable bonds is 3. The molecule has 2 saturated carbocycles. The van der Waals surface area contributed by atoms with Crippen molar-refractivity contribution in [1.29, 1.82) is 0 Å². The molecule has 2 bridgehead atoms. The predicted molar refractivity (Wildman–Crippen MR) is 79.1 cm³/mol. The molecule has 2 aliphatic carbocycles. The van der Waals surface area contributed by atoms with Crippen LogP contribution in [0.4, 0.5) is 13.2 Å². The van der Waals surface area contributed by atoms with Crippen molar-refractivity contribution in [2.24, 2.45) is 24.8 Å². The highest BCUT2D eigenvalue weighted by Crippen LogP contribution is 2.49. The molecule has 8 heteroatoms. The number of aryl methyl sites for hydroxylation is 1. The minimum Gasteiger partial charge on any atom is -0.348 e. The molecule has 1 aromatic heterocycles. The van der Waals surface area contributed by atoms with Gasteiger partial charge in [-0.1, -0.05) is 18.0 Å². The van der Waals surface area contributed by atoms with Crippen LogP contribution >= 0.6 is 11.6 Å². The monoisotopic (exact) mass is 349 g/mol. The lowest BCUT2D eigenvalue weighted by molar-refractivity contribution is -0.141. The molecule has 1 N–H and O–H groups in total. The lowest BCUT2D eigenvalue weighted by atomic mass is 9.84. The Bertz CT molecular complexity index is 628. The summed E-state index contributed by atoms with van der Waals surface area (Å²) >= 11 is 5.75. The van der Waals surface area contributed by atoms with Gasteiger partial charge in [0.05, 0.1) is 0 Å². The molecule has 1 heterocycles. The summed E-state index contributed by atoms with van der Waals surface area (Å²) in [6.45, 7) is 1.91. The van der Waals surface area contributed by atoms with Crippen molar-refractivity contribution >= 4 is 17.5 Å². The fourth-order valence-corrected chi connectivity index (χ4v) is 4.57. The van der Waals surface area contributed by atoms with Crippen molar-refractivity contribution in [3.8, 4) is 0 Å². The summed E-state index contributed by atoms with van der Waals surface area (Å²) in [5.74, 6) is 1.15. The Hall–Kier alpha value is -1.24. The van der Waals surface area contributed by atoms with E-state index in [2.05, 4.69) is 10.4 Å². The largest absolute Gasteiger partial charge is 0.436 e. The highest BCUT2D eigenvalue weighted by Gasteiger charge is 2.43. The van der Waals surface area contributed by atoms with Crippen LogP contribution in [-0.2, 0) is 13.2 Å². The summed E-state index contributed by atoms with van der Waals surface area (Å²) < 4.78 is 39.4. The summed E-state index contributed by atoms with van der Waals surface area (Å²) in [6, 6.07) is -0.0851. The first kappa shape index (κ1) is 16.6. The van der Waals surface area contributed by atoms with Crippen LogP contribution in [0.2, 0.25) is 5.02 Å². The summed E-state index contributed by atoms with van der Waals surface area (Å²) in [5, 5.41) is 5.52. The Kier molecular flexibility index (Phi) is 4.11. The maximum absolute atomic E-state index is 12.8. The number of nitrogens with zero attached hydrogens (tertiary/aromatic N) is 2. The molecule has 0 aliphatic heterocycles. The van der Waals surface area contributed by atoms with Crippen molar-refractivity contribution in [3.63, 3.8) is 0 Å². The minimum atomic E-state index is -4.68. The smallest absolute Gasteiger partial charge is 0.348 e. The first-order valence-electron chi connectivity index (χ1n) is 7.79. The third kappa shape index (κ3) is 2.95. The van der Waals surface area contributed by atoms with Gasteiger partial charge < -0.3 is 5.32 Å². The van der Waals surface area contributed by atoms with Gasteiger partial charge in [-0.3, -0.25) is 9.48 Å². The van der Waals surface area contributed by atoms with E-state index in [9.17, 15) is 18.0 Å². The molecule has 0 spiro atoms. The third-order valence-corrected chi connectivity index (χ3v) is 5.62. The highest BCUT2D eigenvalue weighted by molar-refractivity contribution is 6.34. The van der Waals surface area contributed by atoms with Crippen LogP contribution in [-0.4, -0.2) is 21.7 Å². The number of halogens is 4. The molecule has 2 aliphatic rings. The number of fused-ring (bicyclic) bond motifs is 2. The van der Waals surface area contributed by atoms with Gasteiger partial charge in [-0.15, -0.1) is 0 Å². The van der Waals surface area contributed by atoms with Crippen LogP contribution < -0.4 is 5.32 Å². The Morgan fingerprint density at radius 3 is 2.57 bits per heavy atom. The van der Waals surface area contributed by atoms with Gasteiger partial charge in [0.15, 0.2) is 5.69 Å². The van der Waals surface area contributed by atoms with Crippen molar-refractivity contribution in [2.75, 3.05) is 0 Å². The summed E-state index contributed by atoms with van der Waals surface area (Å²) in [4.78, 5) is 12.4. The van der Waals surface area contributed by atoms with E-state index in [0.717, 1.165) is 17.0 Å². The molecule has 3 rings (SSSR count). The number of carbonyl (C=O) groups is 1. The molecule has 2 fully saturated rings. The maximum atomic E-state index is 12.8. The summed E-state index contributed by atoms with van der Waals surface area (Å²) in [7, 11) is 1.29. The highest BCUT2D eigenvalue weighted by atomic mass is 35.5. The third-order valence-electron chi connectivity index (χ3n) is 5.27. The Balaban J connectivity index is 1.75. The summed E-state index contributed by atoms with van der Waals surface area (Å²) in [5.41, 5.74) is -1.46. The Morgan fingerprint density at radius 1 is 1.39 bits per heavy atom. The van der Waals surface area contributed by atoms with Crippen LogP contribution in [0.3, 0.4) is 0 Å². The normalized spacial score (nSPS) is 28.2. The van der Waals surface area contributed by atoms with E-state index in [1.807, 2.05) is 6.92 Å². The fourth-order valence-electron chi connectivity index (χ4n) is 4.21. The number of hydrogen-bond acceptors (Lipinski definition) is 2.